The summed E-state index contributed by atoms with van der Waals surface area (Å²) in [6, 6.07) is 12.3. The molecule has 0 spiro atoms. The summed E-state index contributed by atoms with van der Waals surface area (Å²) < 4.78 is 5.09. The number of nitrogens with zero attached hydrogens (tertiary/aromatic N) is 1. The third kappa shape index (κ3) is 4.51. The van der Waals surface area contributed by atoms with Gasteiger partial charge in [0, 0.05) is 18.1 Å². The molecule has 166 valence electrons. The van der Waals surface area contributed by atoms with Crippen LogP contribution >= 0.6 is 11.3 Å². The van der Waals surface area contributed by atoms with E-state index in [1.807, 2.05) is 0 Å². The molecule has 0 saturated carbocycles. The van der Waals surface area contributed by atoms with Crippen LogP contribution in [0, 0.1) is 0 Å². The van der Waals surface area contributed by atoms with E-state index in [0.717, 1.165) is 4.90 Å². The van der Waals surface area contributed by atoms with E-state index < -0.39 is 30.3 Å². The van der Waals surface area contributed by atoms with Crippen LogP contribution in [-0.4, -0.2) is 48.2 Å². The van der Waals surface area contributed by atoms with Gasteiger partial charge in [-0.3, -0.25) is 24.1 Å². The summed E-state index contributed by atoms with van der Waals surface area (Å²) in [6.07, 6.45) is 0. The fourth-order valence-electron chi connectivity index (χ4n) is 3.20. The van der Waals surface area contributed by atoms with Gasteiger partial charge in [0.05, 0.1) is 27.9 Å². The lowest BCUT2D eigenvalue weighted by Gasteiger charge is -2.11. The summed E-state index contributed by atoms with van der Waals surface area (Å²) in [5, 5.41) is 8.63. The predicted molar refractivity (Wildman–Crippen MR) is 120 cm³/mol. The Morgan fingerprint density at radius 3 is 2.48 bits per heavy atom. The fraction of sp³-hybridized carbons (Fsp3) is 0.0870. The van der Waals surface area contributed by atoms with E-state index in [9.17, 15) is 24.0 Å². The van der Waals surface area contributed by atoms with Crippen LogP contribution in [-0.2, 0) is 9.53 Å². The van der Waals surface area contributed by atoms with Crippen molar-refractivity contribution < 1.29 is 28.7 Å². The van der Waals surface area contributed by atoms with E-state index in [-0.39, 0.29) is 34.0 Å². The van der Waals surface area contributed by atoms with Gasteiger partial charge in [-0.25, -0.2) is 4.79 Å². The summed E-state index contributed by atoms with van der Waals surface area (Å²) in [5.74, 6) is -2.66. The first-order chi connectivity index (χ1) is 15.8. The highest BCUT2D eigenvalue weighted by atomic mass is 32.1. The second-order valence-corrected chi connectivity index (χ2v) is 7.85. The quantitative estimate of drug-likeness (QED) is 0.428. The molecule has 2 aromatic carbocycles. The van der Waals surface area contributed by atoms with Gasteiger partial charge in [0.1, 0.15) is 0 Å². The first kappa shape index (κ1) is 21.9. The van der Waals surface area contributed by atoms with Crippen LogP contribution in [0.1, 0.15) is 41.4 Å². The molecule has 0 aliphatic carbocycles. The molecule has 1 aliphatic rings. The maximum absolute atomic E-state index is 12.5. The number of esters is 1. The minimum atomic E-state index is -0.789. The molecule has 2 heterocycles. The number of amides is 4. The number of anilines is 2. The van der Waals surface area contributed by atoms with Gasteiger partial charge in [-0.1, -0.05) is 12.1 Å². The molecule has 1 aromatic heterocycles. The Kier molecular flexibility index (Phi) is 6.01. The minimum Gasteiger partial charge on any atom is -0.452 e. The van der Waals surface area contributed by atoms with Crippen LogP contribution in [0.25, 0.3) is 0 Å². The predicted octanol–water partition coefficient (Wildman–Crippen LogP) is 3.02. The molecule has 0 radical (unpaired) electrons. The third-order valence-electron chi connectivity index (χ3n) is 4.89. The minimum absolute atomic E-state index is 0.0959. The highest BCUT2D eigenvalue weighted by molar-refractivity contribution is 7.08. The number of carbonyl (C=O) groups excluding carboxylic acids is 5. The zero-order chi connectivity index (χ0) is 23.5. The standard InChI is InChI=1S/C23H17N3O6S/c1-26-21(29)15-7-6-14(10-17(15)22(26)30)24-19(27)11-32-23(31)16-4-2-3-5-18(16)25-20(28)13-8-9-33-12-13/h2-10,12H,11H2,1H3,(H,24,27)(H,25,28). The lowest BCUT2D eigenvalue weighted by molar-refractivity contribution is -0.119. The second kappa shape index (κ2) is 9.05. The zero-order valence-electron chi connectivity index (χ0n) is 17.3. The number of imide groups is 1. The number of benzene rings is 2. The van der Waals surface area contributed by atoms with Crippen molar-refractivity contribution in [2.45, 2.75) is 0 Å². The van der Waals surface area contributed by atoms with E-state index in [1.165, 1.54) is 42.6 Å². The normalized spacial score (nSPS) is 12.3. The molecule has 0 atom stereocenters. The summed E-state index contributed by atoms with van der Waals surface area (Å²) in [7, 11) is 1.38. The molecule has 0 saturated heterocycles. The molecule has 0 fully saturated rings. The molecule has 4 rings (SSSR count). The van der Waals surface area contributed by atoms with Gasteiger partial charge in [0.25, 0.3) is 23.6 Å². The Bertz CT molecular complexity index is 1290. The molecule has 0 unspecified atom stereocenters. The highest BCUT2D eigenvalue weighted by Crippen LogP contribution is 2.25. The summed E-state index contributed by atoms with van der Waals surface area (Å²) in [5.41, 5.74) is 1.54. The van der Waals surface area contributed by atoms with Gasteiger partial charge in [-0.2, -0.15) is 11.3 Å². The number of fused-ring (bicyclic) bond motifs is 1. The number of nitrogens with one attached hydrogen (secondary N) is 2. The second-order valence-electron chi connectivity index (χ2n) is 7.07. The van der Waals surface area contributed by atoms with E-state index >= 15 is 0 Å². The number of carbonyl (C=O) groups is 5. The molecule has 3 aromatic rings. The summed E-state index contributed by atoms with van der Waals surface area (Å²) >= 11 is 1.37. The molecule has 4 amide bonds. The number of thiophene rings is 1. The molecule has 0 bridgehead atoms. The van der Waals surface area contributed by atoms with Crippen LogP contribution in [0.15, 0.2) is 59.3 Å². The zero-order valence-corrected chi connectivity index (χ0v) is 18.1. The molecule has 33 heavy (non-hydrogen) atoms. The van der Waals surface area contributed by atoms with Crippen molar-refractivity contribution in [1.29, 1.82) is 0 Å². The Hall–Kier alpha value is -4.31. The largest absolute Gasteiger partial charge is 0.452 e. The van der Waals surface area contributed by atoms with Crippen molar-refractivity contribution in [3.05, 3.63) is 81.5 Å². The fourth-order valence-corrected chi connectivity index (χ4v) is 3.84. The van der Waals surface area contributed by atoms with Crippen LogP contribution in [0.3, 0.4) is 0 Å². The molecule has 10 heteroatoms. The van der Waals surface area contributed by atoms with Gasteiger partial charge in [0.2, 0.25) is 0 Å². The first-order valence-corrected chi connectivity index (χ1v) is 10.7. The Balaban J connectivity index is 1.38. The maximum atomic E-state index is 12.5. The van der Waals surface area contributed by atoms with Crippen LogP contribution in [0.4, 0.5) is 11.4 Å². The van der Waals surface area contributed by atoms with E-state index in [2.05, 4.69) is 10.6 Å². The van der Waals surface area contributed by atoms with Crippen LogP contribution < -0.4 is 10.6 Å². The highest BCUT2D eigenvalue weighted by Gasteiger charge is 2.32. The van der Waals surface area contributed by atoms with Crippen molar-refractivity contribution in [3.63, 3.8) is 0 Å². The van der Waals surface area contributed by atoms with Crippen molar-refractivity contribution in [3.8, 4) is 0 Å². The maximum Gasteiger partial charge on any atom is 0.340 e. The Morgan fingerprint density at radius 1 is 0.970 bits per heavy atom. The van der Waals surface area contributed by atoms with Crippen molar-refractivity contribution >= 4 is 52.3 Å². The number of ether oxygens (including phenoxy) is 1. The van der Waals surface area contributed by atoms with Crippen molar-refractivity contribution in [1.82, 2.24) is 4.90 Å². The Morgan fingerprint density at radius 2 is 1.73 bits per heavy atom. The first-order valence-electron chi connectivity index (χ1n) is 9.71. The number of hydrogen-bond donors (Lipinski definition) is 2. The average molecular weight is 463 g/mol. The van der Waals surface area contributed by atoms with Gasteiger partial charge in [-0.05, 0) is 41.8 Å². The molecular formula is C23H17N3O6S. The number of hydrogen-bond acceptors (Lipinski definition) is 7. The van der Waals surface area contributed by atoms with Crippen LogP contribution in [0.2, 0.25) is 0 Å². The summed E-state index contributed by atoms with van der Waals surface area (Å²) in [6.45, 7) is -0.588. The topological polar surface area (TPSA) is 122 Å². The SMILES string of the molecule is CN1C(=O)c2ccc(NC(=O)COC(=O)c3ccccc3NC(=O)c3ccsc3)cc2C1=O. The molecule has 2 N–H and O–H groups in total. The average Bonchev–Trinajstić information content (AvgIpc) is 3.42. The third-order valence-corrected chi connectivity index (χ3v) is 5.57. The van der Waals surface area contributed by atoms with E-state index in [4.69, 9.17) is 4.74 Å². The molecular weight excluding hydrogens is 446 g/mol. The smallest absolute Gasteiger partial charge is 0.340 e. The van der Waals surface area contributed by atoms with Crippen LogP contribution in [0.5, 0.6) is 0 Å². The van der Waals surface area contributed by atoms with Gasteiger partial charge in [-0.15, -0.1) is 0 Å². The summed E-state index contributed by atoms with van der Waals surface area (Å²) in [4.78, 5) is 62.1. The van der Waals surface area contributed by atoms with Gasteiger partial charge in [0.15, 0.2) is 6.61 Å². The van der Waals surface area contributed by atoms with E-state index in [0.29, 0.717) is 5.56 Å². The lowest BCUT2D eigenvalue weighted by Crippen LogP contribution is -2.24. The van der Waals surface area contributed by atoms with Gasteiger partial charge >= 0.3 is 5.97 Å². The monoisotopic (exact) mass is 463 g/mol. The van der Waals surface area contributed by atoms with E-state index in [1.54, 1.807) is 35.0 Å². The van der Waals surface area contributed by atoms with Gasteiger partial charge < -0.3 is 15.4 Å². The molecule has 9 nitrogen and oxygen atoms in total. The Labute approximate surface area is 192 Å². The van der Waals surface area contributed by atoms with Crippen molar-refractivity contribution in [2.75, 3.05) is 24.3 Å². The number of rotatable bonds is 6. The van der Waals surface area contributed by atoms with Crippen molar-refractivity contribution in [2.24, 2.45) is 0 Å². The number of para-hydroxylation sites is 1. The lowest BCUT2D eigenvalue weighted by atomic mass is 10.1. The molecule has 1 aliphatic heterocycles.